The Kier molecular flexibility index (Phi) is 6.81. The van der Waals surface area contributed by atoms with Gasteiger partial charge in [0.15, 0.2) is 11.5 Å². The Bertz CT molecular complexity index is 1210. The lowest BCUT2D eigenvalue weighted by Gasteiger charge is -2.22. The van der Waals surface area contributed by atoms with Gasteiger partial charge in [0, 0.05) is 30.9 Å². The van der Waals surface area contributed by atoms with E-state index in [0.29, 0.717) is 49.8 Å². The van der Waals surface area contributed by atoms with E-state index in [0.717, 1.165) is 11.3 Å². The first-order valence-electron chi connectivity index (χ1n) is 11.3. The molecule has 2 aromatic rings. The number of sulfonamides is 1. The highest BCUT2D eigenvalue weighted by atomic mass is 32.2. The molecule has 9 nitrogen and oxygen atoms in total. The van der Waals surface area contributed by atoms with Crippen LogP contribution in [0.1, 0.15) is 32.8 Å². The standard InChI is InChI=1S/C24H29N3O6S/c1-15(2)12-20(24(29)25-18-4-7-22-23(14-18)33-11-10-32-22)26-34(30,31)19-5-6-21-17(13-19)8-9-27(21)16(3)28/h4-7,13-15,20,26H,8-12H2,1-3H3,(H,25,29)/t20-/m1/s1. The Morgan fingerprint density at radius 3 is 2.50 bits per heavy atom. The number of benzene rings is 2. The van der Waals surface area contributed by atoms with Gasteiger partial charge in [-0.25, -0.2) is 8.42 Å². The van der Waals surface area contributed by atoms with Crippen molar-refractivity contribution >= 4 is 33.2 Å². The lowest BCUT2D eigenvalue weighted by molar-refractivity contribution is -0.118. The van der Waals surface area contributed by atoms with Crippen LogP contribution in [0.5, 0.6) is 11.5 Å². The number of rotatable bonds is 7. The van der Waals surface area contributed by atoms with Crippen molar-refractivity contribution in [2.75, 3.05) is 30.0 Å². The summed E-state index contributed by atoms with van der Waals surface area (Å²) >= 11 is 0. The number of nitrogens with zero attached hydrogens (tertiary/aromatic N) is 1. The molecule has 4 rings (SSSR count). The Morgan fingerprint density at radius 2 is 1.79 bits per heavy atom. The van der Waals surface area contributed by atoms with Gasteiger partial charge in [-0.2, -0.15) is 4.72 Å². The molecule has 10 heteroatoms. The second-order valence-electron chi connectivity index (χ2n) is 8.86. The van der Waals surface area contributed by atoms with Crippen LogP contribution in [0.3, 0.4) is 0 Å². The minimum absolute atomic E-state index is 0.0672. The van der Waals surface area contributed by atoms with E-state index < -0.39 is 22.0 Å². The lowest BCUT2D eigenvalue weighted by atomic mass is 10.0. The summed E-state index contributed by atoms with van der Waals surface area (Å²) in [7, 11) is -3.98. The summed E-state index contributed by atoms with van der Waals surface area (Å²) in [6.07, 6.45) is 0.900. The Morgan fingerprint density at radius 1 is 1.06 bits per heavy atom. The maximum absolute atomic E-state index is 13.2. The van der Waals surface area contributed by atoms with Crippen molar-refractivity contribution in [3.8, 4) is 11.5 Å². The van der Waals surface area contributed by atoms with Crippen LogP contribution in [0.4, 0.5) is 11.4 Å². The van der Waals surface area contributed by atoms with Crippen LogP contribution in [0.25, 0.3) is 0 Å². The van der Waals surface area contributed by atoms with E-state index in [2.05, 4.69) is 10.0 Å². The molecule has 0 aliphatic carbocycles. The fourth-order valence-electron chi connectivity index (χ4n) is 4.16. The molecule has 2 amide bonds. The molecular weight excluding hydrogens is 458 g/mol. The van der Waals surface area contributed by atoms with E-state index in [-0.39, 0.29) is 16.7 Å². The van der Waals surface area contributed by atoms with Crippen molar-refractivity contribution in [1.29, 1.82) is 0 Å². The summed E-state index contributed by atoms with van der Waals surface area (Å²) < 4.78 is 40.0. The largest absolute Gasteiger partial charge is 0.486 e. The number of fused-ring (bicyclic) bond motifs is 2. The van der Waals surface area contributed by atoms with Crippen molar-refractivity contribution in [2.45, 2.75) is 44.6 Å². The summed E-state index contributed by atoms with van der Waals surface area (Å²) in [4.78, 5) is 26.5. The Labute approximate surface area is 199 Å². The third kappa shape index (κ3) is 5.18. The van der Waals surface area contributed by atoms with E-state index in [1.165, 1.54) is 13.0 Å². The minimum Gasteiger partial charge on any atom is -0.486 e. The summed E-state index contributed by atoms with van der Waals surface area (Å²) in [5.74, 6) is 0.660. The highest BCUT2D eigenvalue weighted by Gasteiger charge is 2.29. The molecule has 34 heavy (non-hydrogen) atoms. The maximum Gasteiger partial charge on any atom is 0.242 e. The molecule has 0 spiro atoms. The smallest absolute Gasteiger partial charge is 0.242 e. The SMILES string of the molecule is CC(=O)N1CCc2cc(S(=O)(=O)N[C@H](CC(C)C)C(=O)Nc3ccc4c(c3)OCCO4)ccc21. The van der Waals surface area contributed by atoms with Crippen LogP contribution < -0.4 is 24.4 Å². The number of anilines is 2. The third-order valence-corrected chi connectivity index (χ3v) is 7.24. The zero-order valence-electron chi connectivity index (χ0n) is 19.5. The molecular formula is C24H29N3O6S. The molecule has 1 atom stereocenters. The van der Waals surface area contributed by atoms with Crippen LogP contribution in [-0.2, 0) is 26.0 Å². The Balaban J connectivity index is 1.52. The average Bonchev–Trinajstić information content (AvgIpc) is 3.22. The van der Waals surface area contributed by atoms with Gasteiger partial charge in [0.05, 0.1) is 4.90 Å². The van der Waals surface area contributed by atoms with E-state index in [4.69, 9.17) is 9.47 Å². The number of amides is 2. The molecule has 0 saturated heterocycles. The molecule has 2 aromatic carbocycles. The molecule has 182 valence electrons. The minimum atomic E-state index is -3.98. The fourth-order valence-corrected chi connectivity index (χ4v) is 5.42. The number of carbonyl (C=O) groups excluding carboxylic acids is 2. The number of nitrogens with one attached hydrogen (secondary N) is 2. The summed E-state index contributed by atoms with van der Waals surface area (Å²) in [5, 5.41) is 2.79. The molecule has 0 aromatic heterocycles. The second-order valence-corrected chi connectivity index (χ2v) is 10.6. The molecule has 0 saturated carbocycles. The lowest BCUT2D eigenvalue weighted by Crippen LogP contribution is -2.44. The van der Waals surface area contributed by atoms with E-state index >= 15 is 0 Å². The molecule has 2 aliphatic rings. The molecule has 0 bridgehead atoms. The highest BCUT2D eigenvalue weighted by molar-refractivity contribution is 7.89. The molecule has 0 unspecified atom stereocenters. The van der Waals surface area contributed by atoms with Crippen LogP contribution >= 0.6 is 0 Å². The summed E-state index contributed by atoms with van der Waals surface area (Å²) in [5.41, 5.74) is 2.00. The quantitative estimate of drug-likeness (QED) is 0.621. The van der Waals surface area contributed by atoms with E-state index in [1.54, 1.807) is 35.2 Å². The van der Waals surface area contributed by atoms with Crippen molar-refractivity contribution in [1.82, 2.24) is 4.72 Å². The molecule has 2 aliphatic heterocycles. The van der Waals surface area contributed by atoms with E-state index in [9.17, 15) is 18.0 Å². The van der Waals surface area contributed by atoms with Gasteiger partial charge < -0.3 is 19.7 Å². The van der Waals surface area contributed by atoms with Crippen molar-refractivity contribution in [2.24, 2.45) is 5.92 Å². The zero-order chi connectivity index (χ0) is 24.5. The third-order valence-electron chi connectivity index (χ3n) is 5.77. The first-order valence-corrected chi connectivity index (χ1v) is 12.8. The average molecular weight is 488 g/mol. The molecule has 0 radical (unpaired) electrons. The van der Waals surface area contributed by atoms with Gasteiger partial charge in [0.25, 0.3) is 0 Å². The molecule has 2 heterocycles. The normalized spacial score (nSPS) is 15.7. The number of carbonyl (C=O) groups is 2. The predicted octanol–water partition coefficient (Wildman–Crippen LogP) is 2.70. The van der Waals surface area contributed by atoms with Gasteiger partial charge in [-0.15, -0.1) is 0 Å². The Hall–Kier alpha value is -3.11. The van der Waals surface area contributed by atoms with Crippen LogP contribution in [-0.4, -0.2) is 46.0 Å². The van der Waals surface area contributed by atoms with Crippen molar-refractivity contribution in [3.05, 3.63) is 42.0 Å². The van der Waals surface area contributed by atoms with Gasteiger partial charge in [-0.1, -0.05) is 13.8 Å². The van der Waals surface area contributed by atoms with E-state index in [1.807, 2.05) is 13.8 Å². The van der Waals surface area contributed by atoms with Crippen LogP contribution in [0.15, 0.2) is 41.3 Å². The van der Waals surface area contributed by atoms with Crippen LogP contribution in [0, 0.1) is 5.92 Å². The van der Waals surface area contributed by atoms with Gasteiger partial charge in [-0.05, 0) is 54.7 Å². The van der Waals surface area contributed by atoms with Gasteiger partial charge in [0.1, 0.15) is 19.3 Å². The highest BCUT2D eigenvalue weighted by Crippen LogP contribution is 2.33. The van der Waals surface area contributed by atoms with Gasteiger partial charge in [-0.3, -0.25) is 9.59 Å². The maximum atomic E-state index is 13.2. The summed E-state index contributed by atoms with van der Waals surface area (Å²) in [6.45, 7) is 6.74. The number of ether oxygens (including phenoxy) is 2. The first kappa shape index (κ1) is 24.0. The molecule has 0 fully saturated rings. The number of hydrogen-bond acceptors (Lipinski definition) is 6. The van der Waals surface area contributed by atoms with Gasteiger partial charge >= 0.3 is 0 Å². The first-order chi connectivity index (χ1) is 16.1. The van der Waals surface area contributed by atoms with Crippen LogP contribution in [0.2, 0.25) is 0 Å². The number of hydrogen-bond donors (Lipinski definition) is 2. The fraction of sp³-hybridized carbons (Fsp3) is 0.417. The van der Waals surface area contributed by atoms with Crippen molar-refractivity contribution in [3.63, 3.8) is 0 Å². The second kappa shape index (κ2) is 9.63. The van der Waals surface area contributed by atoms with Crippen molar-refractivity contribution < 1.29 is 27.5 Å². The molecule has 2 N–H and O–H groups in total. The topological polar surface area (TPSA) is 114 Å². The monoisotopic (exact) mass is 487 g/mol. The van der Waals surface area contributed by atoms with Gasteiger partial charge in [0.2, 0.25) is 21.8 Å². The summed E-state index contributed by atoms with van der Waals surface area (Å²) in [6, 6.07) is 8.77. The predicted molar refractivity (Wildman–Crippen MR) is 128 cm³/mol. The zero-order valence-corrected chi connectivity index (χ0v) is 20.3.